The average molecular weight is 459 g/mol. The molecule has 2 heterocycles. The van der Waals surface area contributed by atoms with Crippen molar-refractivity contribution in [2.24, 2.45) is 0 Å². The molecule has 0 radical (unpaired) electrons. The first kappa shape index (κ1) is 21.0. The van der Waals surface area contributed by atoms with E-state index in [1.807, 2.05) is 78.2 Å². The molecule has 0 spiro atoms. The fourth-order valence-corrected chi connectivity index (χ4v) is 4.26. The largest absolute Gasteiger partial charge is 0.493 e. The van der Waals surface area contributed by atoms with Gasteiger partial charge >= 0.3 is 0 Å². The topological polar surface area (TPSA) is 69.7 Å². The first-order valence-corrected chi connectivity index (χ1v) is 11.5. The molecule has 0 saturated heterocycles. The second kappa shape index (κ2) is 9.75. The van der Waals surface area contributed by atoms with Crippen molar-refractivity contribution in [1.82, 2.24) is 10.3 Å². The lowest BCUT2D eigenvalue weighted by Crippen LogP contribution is -2.24. The zero-order valence-electron chi connectivity index (χ0n) is 17.8. The van der Waals surface area contributed by atoms with Crippen LogP contribution in [0.25, 0.3) is 21.8 Å². The van der Waals surface area contributed by atoms with Gasteiger partial charge in [0.15, 0.2) is 11.5 Å². The highest BCUT2D eigenvalue weighted by Gasteiger charge is 2.15. The Bertz CT molecular complexity index is 1240. The van der Waals surface area contributed by atoms with Gasteiger partial charge in [-0.1, -0.05) is 42.5 Å². The first-order valence-electron chi connectivity index (χ1n) is 10.6. The van der Waals surface area contributed by atoms with Crippen molar-refractivity contribution in [3.63, 3.8) is 0 Å². The van der Waals surface area contributed by atoms with Crippen molar-refractivity contribution < 1.29 is 19.0 Å². The monoisotopic (exact) mass is 458 g/mol. The van der Waals surface area contributed by atoms with Crippen molar-refractivity contribution >= 4 is 17.2 Å². The van der Waals surface area contributed by atoms with Crippen molar-refractivity contribution in [2.75, 3.05) is 13.4 Å². The maximum atomic E-state index is 12.1. The van der Waals surface area contributed by atoms with Gasteiger partial charge in [0, 0.05) is 23.1 Å². The number of thiazole rings is 1. The van der Waals surface area contributed by atoms with Crippen LogP contribution in [0.15, 0.2) is 78.2 Å². The molecule has 166 valence electrons. The average Bonchev–Trinajstić information content (AvgIpc) is 3.53. The predicted octanol–water partition coefficient (Wildman–Crippen LogP) is 5.29. The summed E-state index contributed by atoms with van der Waals surface area (Å²) in [7, 11) is 0. The van der Waals surface area contributed by atoms with E-state index in [2.05, 4.69) is 5.32 Å². The number of fused-ring (bicyclic) bond motifs is 1. The van der Waals surface area contributed by atoms with Crippen LogP contribution in [0.3, 0.4) is 0 Å². The van der Waals surface area contributed by atoms with Gasteiger partial charge in [0.1, 0.15) is 10.8 Å². The maximum Gasteiger partial charge on any atom is 0.231 e. The molecule has 1 N–H and O–H groups in total. The molecule has 7 heteroatoms. The molecule has 5 rings (SSSR count). The van der Waals surface area contributed by atoms with Crippen LogP contribution in [0.5, 0.6) is 17.2 Å². The summed E-state index contributed by atoms with van der Waals surface area (Å²) in [5.41, 5.74) is 3.97. The van der Waals surface area contributed by atoms with Gasteiger partial charge in [0.2, 0.25) is 12.7 Å². The smallest absolute Gasteiger partial charge is 0.231 e. The first-order chi connectivity index (χ1) is 16.2. The van der Waals surface area contributed by atoms with Gasteiger partial charge in [-0.15, -0.1) is 11.3 Å². The summed E-state index contributed by atoms with van der Waals surface area (Å²) in [6.45, 7) is 1.09. The SMILES string of the molecule is O=C(CCOc1ccccc1)NCc1ccc(-c2nc(-c3ccc4c(c3)OCO4)cs2)cc1. The van der Waals surface area contributed by atoms with E-state index >= 15 is 0 Å². The van der Waals surface area contributed by atoms with Crippen LogP contribution < -0.4 is 19.5 Å². The van der Waals surface area contributed by atoms with Gasteiger partial charge in [0.05, 0.1) is 18.7 Å². The van der Waals surface area contributed by atoms with E-state index in [4.69, 9.17) is 19.2 Å². The molecule has 1 aliphatic rings. The molecule has 3 aromatic carbocycles. The summed E-state index contributed by atoms with van der Waals surface area (Å²) < 4.78 is 16.4. The molecule has 1 amide bonds. The number of nitrogens with zero attached hydrogens (tertiary/aromatic N) is 1. The second-order valence-corrected chi connectivity index (χ2v) is 8.35. The Morgan fingerprint density at radius 3 is 2.61 bits per heavy atom. The quantitative estimate of drug-likeness (QED) is 0.388. The number of aromatic nitrogens is 1. The summed E-state index contributed by atoms with van der Waals surface area (Å²) in [4.78, 5) is 16.9. The number of amides is 1. The third-order valence-corrected chi connectivity index (χ3v) is 6.10. The fourth-order valence-electron chi connectivity index (χ4n) is 3.43. The van der Waals surface area contributed by atoms with Gasteiger partial charge in [-0.2, -0.15) is 0 Å². The van der Waals surface area contributed by atoms with Crippen molar-refractivity contribution in [2.45, 2.75) is 13.0 Å². The van der Waals surface area contributed by atoms with Gasteiger partial charge in [-0.05, 0) is 35.9 Å². The molecule has 0 saturated carbocycles. The van der Waals surface area contributed by atoms with E-state index in [0.717, 1.165) is 44.6 Å². The Labute approximate surface area is 195 Å². The number of hydrogen-bond acceptors (Lipinski definition) is 6. The van der Waals surface area contributed by atoms with E-state index in [0.29, 0.717) is 19.6 Å². The lowest BCUT2D eigenvalue weighted by Gasteiger charge is -2.08. The highest BCUT2D eigenvalue weighted by Crippen LogP contribution is 2.37. The van der Waals surface area contributed by atoms with Crippen LogP contribution in [0, 0.1) is 0 Å². The minimum atomic E-state index is -0.0386. The molecule has 33 heavy (non-hydrogen) atoms. The zero-order valence-corrected chi connectivity index (χ0v) is 18.6. The predicted molar refractivity (Wildman–Crippen MR) is 128 cm³/mol. The number of benzene rings is 3. The van der Waals surface area contributed by atoms with Crippen molar-refractivity contribution in [3.8, 4) is 39.1 Å². The molecule has 0 fully saturated rings. The van der Waals surface area contributed by atoms with E-state index in [1.54, 1.807) is 11.3 Å². The molecular weight excluding hydrogens is 436 g/mol. The van der Waals surface area contributed by atoms with Crippen molar-refractivity contribution in [3.05, 3.63) is 83.7 Å². The molecule has 1 aliphatic heterocycles. The number of para-hydroxylation sites is 1. The van der Waals surface area contributed by atoms with Gasteiger partial charge < -0.3 is 19.5 Å². The number of rotatable bonds is 8. The highest BCUT2D eigenvalue weighted by molar-refractivity contribution is 7.13. The number of carbonyl (C=O) groups is 1. The normalized spacial score (nSPS) is 11.9. The number of hydrogen-bond donors (Lipinski definition) is 1. The van der Waals surface area contributed by atoms with E-state index in [9.17, 15) is 4.79 Å². The van der Waals surface area contributed by atoms with Gasteiger partial charge in [-0.3, -0.25) is 4.79 Å². The molecule has 1 aromatic heterocycles. The summed E-state index contributed by atoms with van der Waals surface area (Å²) >= 11 is 1.60. The number of carbonyl (C=O) groups excluding carboxylic acids is 1. The Morgan fingerprint density at radius 1 is 0.970 bits per heavy atom. The minimum Gasteiger partial charge on any atom is -0.493 e. The molecule has 6 nitrogen and oxygen atoms in total. The van der Waals surface area contributed by atoms with E-state index < -0.39 is 0 Å². The van der Waals surface area contributed by atoms with Crippen LogP contribution in [-0.4, -0.2) is 24.3 Å². The molecular formula is C26H22N2O4S. The Hall–Kier alpha value is -3.84. The Balaban J connectivity index is 1.14. The lowest BCUT2D eigenvalue weighted by molar-refractivity contribution is -0.121. The Kier molecular flexibility index (Phi) is 6.21. The third kappa shape index (κ3) is 5.15. The van der Waals surface area contributed by atoms with E-state index in [-0.39, 0.29) is 12.7 Å². The van der Waals surface area contributed by atoms with Crippen LogP contribution in [0.2, 0.25) is 0 Å². The van der Waals surface area contributed by atoms with E-state index in [1.165, 1.54) is 0 Å². The number of ether oxygens (including phenoxy) is 3. The summed E-state index contributed by atoms with van der Waals surface area (Å²) in [5.74, 6) is 2.24. The van der Waals surface area contributed by atoms with Crippen LogP contribution in [0.4, 0.5) is 0 Å². The fraction of sp³-hybridized carbons (Fsp3) is 0.154. The van der Waals surface area contributed by atoms with Crippen LogP contribution >= 0.6 is 11.3 Å². The summed E-state index contributed by atoms with van der Waals surface area (Å²) in [5, 5.41) is 5.92. The number of nitrogens with one attached hydrogen (secondary N) is 1. The van der Waals surface area contributed by atoms with Crippen molar-refractivity contribution in [1.29, 1.82) is 0 Å². The minimum absolute atomic E-state index is 0.0386. The molecule has 0 aliphatic carbocycles. The Morgan fingerprint density at radius 2 is 1.76 bits per heavy atom. The maximum absolute atomic E-state index is 12.1. The molecule has 0 bridgehead atoms. The van der Waals surface area contributed by atoms with Crippen LogP contribution in [-0.2, 0) is 11.3 Å². The molecule has 0 atom stereocenters. The summed E-state index contributed by atoms with van der Waals surface area (Å²) in [6, 6.07) is 23.4. The highest BCUT2D eigenvalue weighted by atomic mass is 32.1. The zero-order chi connectivity index (χ0) is 22.5. The molecule has 0 unspecified atom stereocenters. The standard InChI is InChI=1S/C26H22N2O4S/c29-25(12-13-30-21-4-2-1-3-5-21)27-15-18-6-8-19(9-7-18)26-28-22(16-33-26)20-10-11-23-24(14-20)32-17-31-23/h1-11,14,16H,12-13,15,17H2,(H,27,29). The van der Waals surface area contributed by atoms with Crippen LogP contribution in [0.1, 0.15) is 12.0 Å². The van der Waals surface area contributed by atoms with Gasteiger partial charge in [-0.25, -0.2) is 4.98 Å². The lowest BCUT2D eigenvalue weighted by atomic mass is 10.1. The van der Waals surface area contributed by atoms with Gasteiger partial charge in [0.25, 0.3) is 0 Å². The molecule has 4 aromatic rings. The second-order valence-electron chi connectivity index (χ2n) is 7.49. The third-order valence-electron chi connectivity index (χ3n) is 5.20. The summed E-state index contributed by atoms with van der Waals surface area (Å²) in [6.07, 6.45) is 0.314.